The van der Waals surface area contributed by atoms with Crippen molar-refractivity contribution in [2.24, 2.45) is 5.73 Å². The van der Waals surface area contributed by atoms with E-state index in [1.165, 1.54) is 0 Å². The van der Waals surface area contributed by atoms with Crippen molar-refractivity contribution in [1.82, 2.24) is 5.32 Å². The third kappa shape index (κ3) is 1.95. The summed E-state index contributed by atoms with van der Waals surface area (Å²) in [4.78, 5) is 11.1. The lowest BCUT2D eigenvalue weighted by Crippen LogP contribution is -2.42. The Labute approximate surface area is 66.3 Å². The van der Waals surface area contributed by atoms with Crippen molar-refractivity contribution in [3.05, 3.63) is 0 Å². The highest BCUT2D eigenvalue weighted by molar-refractivity contribution is 5.88. The highest BCUT2D eigenvalue weighted by Gasteiger charge is 2.45. The van der Waals surface area contributed by atoms with Crippen LogP contribution in [0.5, 0.6) is 0 Å². The molecule has 3 heteroatoms. The van der Waals surface area contributed by atoms with E-state index < -0.39 is 5.54 Å². The number of nitrogens with one attached hydrogen (secondary N) is 1. The van der Waals surface area contributed by atoms with E-state index in [1.54, 1.807) is 0 Å². The van der Waals surface area contributed by atoms with Crippen LogP contribution in [0.3, 0.4) is 0 Å². The van der Waals surface area contributed by atoms with E-state index in [2.05, 4.69) is 11.2 Å². The van der Waals surface area contributed by atoms with Gasteiger partial charge in [-0.3, -0.25) is 4.79 Å². The molecule has 0 radical (unpaired) electrons. The van der Waals surface area contributed by atoms with Crippen LogP contribution in [-0.2, 0) is 4.79 Å². The lowest BCUT2D eigenvalue weighted by molar-refractivity contribution is -0.123. The standard InChI is InChI=1S/C8H12N2O/c1-2-3-6-10-7(11)8(9)4-5-8/h1H,3-6,9H2,(H,10,11). The number of rotatable bonds is 3. The molecule has 11 heavy (non-hydrogen) atoms. The second kappa shape index (κ2) is 2.93. The first-order chi connectivity index (χ1) is 5.19. The monoisotopic (exact) mass is 152 g/mol. The zero-order chi connectivity index (χ0) is 8.32. The van der Waals surface area contributed by atoms with Gasteiger partial charge in [0.25, 0.3) is 0 Å². The lowest BCUT2D eigenvalue weighted by Gasteiger charge is -2.07. The Kier molecular flexibility index (Phi) is 2.16. The van der Waals surface area contributed by atoms with Crippen LogP contribution in [0, 0.1) is 12.3 Å². The fourth-order valence-corrected chi connectivity index (χ4v) is 0.786. The van der Waals surface area contributed by atoms with Gasteiger partial charge in [-0.25, -0.2) is 0 Å². The molecule has 1 fully saturated rings. The number of hydrogen-bond acceptors (Lipinski definition) is 2. The summed E-state index contributed by atoms with van der Waals surface area (Å²) in [5, 5.41) is 2.68. The van der Waals surface area contributed by atoms with Crippen molar-refractivity contribution in [2.45, 2.75) is 24.8 Å². The molecule has 60 valence electrons. The van der Waals surface area contributed by atoms with Gasteiger partial charge in [0.2, 0.25) is 5.91 Å². The van der Waals surface area contributed by atoms with Crippen LogP contribution in [0.2, 0.25) is 0 Å². The Balaban J connectivity index is 2.18. The average molecular weight is 152 g/mol. The van der Waals surface area contributed by atoms with E-state index >= 15 is 0 Å². The summed E-state index contributed by atoms with van der Waals surface area (Å²) in [6, 6.07) is 0. The summed E-state index contributed by atoms with van der Waals surface area (Å²) >= 11 is 0. The van der Waals surface area contributed by atoms with E-state index in [0.29, 0.717) is 13.0 Å². The molecular weight excluding hydrogens is 140 g/mol. The SMILES string of the molecule is C#CCCNC(=O)C1(N)CC1. The van der Waals surface area contributed by atoms with Crippen LogP contribution in [-0.4, -0.2) is 18.0 Å². The molecular formula is C8H12N2O. The van der Waals surface area contributed by atoms with E-state index in [9.17, 15) is 4.79 Å². The molecule has 0 atom stereocenters. The Morgan fingerprint density at radius 3 is 2.82 bits per heavy atom. The number of carbonyl (C=O) groups is 1. The molecule has 3 nitrogen and oxygen atoms in total. The molecule has 3 N–H and O–H groups in total. The van der Waals surface area contributed by atoms with Crippen molar-refractivity contribution < 1.29 is 4.79 Å². The summed E-state index contributed by atoms with van der Waals surface area (Å²) in [6.07, 6.45) is 7.18. The van der Waals surface area contributed by atoms with Crippen molar-refractivity contribution in [3.63, 3.8) is 0 Å². The molecule has 0 unspecified atom stereocenters. The topological polar surface area (TPSA) is 55.1 Å². The lowest BCUT2D eigenvalue weighted by atomic mass is 10.2. The minimum Gasteiger partial charge on any atom is -0.354 e. The summed E-state index contributed by atoms with van der Waals surface area (Å²) in [5.41, 5.74) is 5.05. The number of amides is 1. The largest absolute Gasteiger partial charge is 0.354 e. The number of hydrogen-bond donors (Lipinski definition) is 2. The molecule has 0 aromatic heterocycles. The zero-order valence-electron chi connectivity index (χ0n) is 6.39. The molecule has 0 spiro atoms. The van der Waals surface area contributed by atoms with Gasteiger partial charge >= 0.3 is 0 Å². The highest BCUT2D eigenvalue weighted by atomic mass is 16.2. The molecule has 0 heterocycles. The normalized spacial score (nSPS) is 18.5. The van der Waals surface area contributed by atoms with Gasteiger partial charge in [0.15, 0.2) is 0 Å². The van der Waals surface area contributed by atoms with Gasteiger partial charge in [-0.1, -0.05) is 0 Å². The molecule has 1 amide bonds. The number of terminal acetylenes is 1. The van der Waals surface area contributed by atoms with Crippen molar-refractivity contribution >= 4 is 5.91 Å². The first kappa shape index (κ1) is 8.09. The van der Waals surface area contributed by atoms with Crippen LogP contribution >= 0.6 is 0 Å². The van der Waals surface area contributed by atoms with Gasteiger partial charge in [-0.15, -0.1) is 12.3 Å². The maximum absolute atomic E-state index is 11.1. The highest BCUT2D eigenvalue weighted by Crippen LogP contribution is 2.31. The quantitative estimate of drug-likeness (QED) is 0.428. The number of carbonyl (C=O) groups excluding carboxylic acids is 1. The molecule has 0 aromatic carbocycles. The zero-order valence-corrected chi connectivity index (χ0v) is 6.39. The van der Waals surface area contributed by atoms with Crippen molar-refractivity contribution in [2.75, 3.05) is 6.54 Å². The smallest absolute Gasteiger partial charge is 0.240 e. The van der Waals surface area contributed by atoms with E-state index in [-0.39, 0.29) is 5.91 Å². The van der Waals surface area contributed by atoms with Crippen molar-refractivity contribution in [3.8, 4) is 12.3 Å². The van der Waals surface area contributed by atoms with Crippen LogP contribution in [0.4, 0.5) is 0 Å². The van der Waals surface area contributed by atoms with Gasteiger partial charge < -0.3 is 11.1 Å². The fraction of sp³-hybridized carbons (Fsp3) is 0.625. The summed E-state index contributed by atoms with van der Waals surface area (Å²) < 4.78 is 0. The molecule has 0 aromatic rings. The summed E-state index contributed by atoms with van der Waals surface area (Å²) in [6.45, 7) is 0.536. The minimum atomic E-state index is -0.561. The maximum Gasteiger partial charge on any atom is 0.240 e. The Morgan fingerprint density at radius 1 is 1.73 bits per heavy atom. The van der Waals surface area contributed by atoms with Crippen LogP contribution in [0.15, 0.2) is 0 Å². The van der Waals surface area contributed by atoms with Gasteiger partial charge in [0, 0.05) is 13.0 Å². The van der Waals surface area contributed by atoms with Crippen LogP contribution < -0.4 is 11.1 Å². The number of nitrogens with two attached hydrogens (primary N) is 1. The first-order valence-corrected chi connectivity index (χ1v) is 3.70. The van der Waals surface area contributed by atoms with Crippen molar-refractivity contribution in [1.29, 1.82) is 0 Å². The van der Waals surface area contributed by atoms with Crippen LogP contribution in [0.25, 0.3) is 0 Å². The molecule has 1 aliphatic rings. The summed E-state index contributed by atoms with van der Waals surface area (Å²) in [5.74, 6) is 2.38. The van der Waals surface area contributed by atoms with E-state index in [4.69, 9.17) is 12.2 Å². The predicted octanol–water partition coefficient (Wildman–Crippen LogP) is -0.383. The molecule has 0 bridgehead atoms. The minimum absolute atomic E-state index is 0.0623. The summed E-state index contributed by atoms with van der Waals surface area (Å²) in [7, 11) is 0. The molecule has 1 saturated carbocycles. The maximum atomic E-state index is 11.1. The van der Waals surface area contributed by atoms with Gasteiger partial charge in [-0.2, -0.15) is 0 Å². The average Bonchev–Trinajstić information content (AvgIpc) is 2.70. The second-order valence-electron chi connectivity index (χ2n) is 2.87. The molecule has 0 aliphatic heterocycles. The Hall–Kier alpha value is -1.01. The van der Waals surface area contributed by atoms with Gasteiger partial charge in [-0.05, 0) is 12.8 Å². The molecule has 1 rings (SSSR count). The first-order valence-electron chi connectivity index (χ1n) is 3.70. The van der Waals surface area contributed by atoms with E-state index in [0.717, 1.165) is 12.8 Å². The molecule has 1 aliphatic carbocycles. The van der Waals surface area contributed by atoms with Gasteiger partial charge in [0.1, 0.15) is 0 Å². The van der Waals surface area contributed by atoms with Gasteiger partial charge in [0.05, 0.1) is 5.54 Å². The Bertz CT molecular complexity index is 201. The predicted molar refractivity (Wildman–Crippen MR) is 42.6 cm³/mol. The van der Waals surface area contributed by atoms with E-state index in [1.807, 2.05) is 0 Å². The second-order valence-corrected chi connectivity index (χ2v) is 2.87. The van der Waals surface area contributed by atoms with Crippen LogP contribution in [0.1, 0.15) is 19.3 Å². The molecule has 0 saturated heterocycles. The third-order valence-corrected chi connectivity index (χ3v) is 1.80. The Morgan fingerprint density at radius 2 is 2.36 bits per heavy atom. The third-order valence-electron chi connectivity index (χ3n) is 1.80. The fourth-order valence-electron chi connectivity index (χ4n) is 0.786.